The maximum absolute atomic E-state index is 11.1. The lowest BCUT2D eigenvalue weighted by atomic mass is 10.2. The van der Waals surface area contributed by atoms with Crippen LogP contribution >= 0.6 is 0 Å². The zero-order chi connectivity index (χ0) is 9.14. The molecule has 0 aliphatic carbocycles. The minimum Gasteiger partial charge on any atom is -0.488 e. The van der Waals surface area contributed by atoms with E-state index >= 15 is 0 Å². The van der Waals surface area contributed by atoms with Gasteiger partial charge in [0.25, 0.3) is 5.69 Å². The van der Waals surface area contributed by atoms with E-state index in [1.807, 2.05) is 13.0 Å². The van der Waals surface area contributed by atoms with Crippen LogP contribution in [0.2, 0.25) is 0 Å². The van der Waals surface area contributed by atoms with Crippen LogP contribution in [0.5, 0.6) is 0 Å². The lowest BCUT2D eigenvalue weighted by molar-refractivity contribution is -0.507. The zero-order valence-corrected chi connectivity index (χ0v) is 8.11. The minimum absolute atomic E-state index is 0.219. The van der Waals surface area contributed by atoms with Crippen LogP contribution < -0.4 is 8.69 Å². The first-order chi connectivity index (χ1) is 5.65. The van der Waals surface area contributed by atoms with Gasteiger partial charge >= 0.3 is 5.91 Å². The van der Waals surface area contributed by atoms with Crippen molar-refractivity contribution in [3.8, 4) is 0 Å². The van der Waals surface area contributed by atoms with Crippen molar-refractivity contribution >= 4 is 31.5 Å². The van der Waals surface area contributed by atoms with E-state index in [0.717, 1.165) is 10.3 Å². The molecule has 0 aromatic carbocycles. The summed E-state index contributed by atoms with van der Waals surface area (Å²) in [6, 6.07) is 3.56. The number of hydrogen-bond acceptors (Lipinski definition) is 3. The normalized spacial score (nSPS) is 9.83. The van der Waals surface area contributed by atoms with Gasteiger partial charge in [-0.05, 0) is 12.5 Å². The van der Waals surface area contributed by atoms with Crippen LogP contribution in [0.25, 0.3) is 0 Å². The summed E-state index contributed by atoms with van der Waals surface area (Å²) in [6.45, 7) is 1.90. The molecule has 0 bridgehead atoms. The molecule has 1 aromatic heterocycles. The van der Waals surface area contributed by atoms with Crippen LogP contribution in [0.15, 0.2) is 18.3 Å². The Morgan fingerprint density at radius 1 is 1.67 bits per heavy atom. The van der Waals surface area contributed by atoms with Gasteiger partial charge in [-0.15, -0.1) is 0 Å². The standard InChI is InChI=1S/C7H8N2OS2/c1-5-2-3-9(12)6(4-5)7(10)8-11/h2-4H,8H2,1H3. The molecular weight excluding hydrogens is 192 g/mol. The molecule has 3 nitrogen and oxygen atoms in total. The fourth-order valence-electron chi connectivity index (χ4n) is 0.833. The summed E-state index contributed by atoms with van der Waals surface area (Å²) < 4.78 is 2.44. The molecule has 1 rings (SSSR count). The van der Waals surface area contributed by atoms with E-state index < -0.39 is 0 Å². The van der Waals surface area contributed by atoms with Crippen molar-refractivity contribution in [1.29, 1.82) is 0 Å². The number of hydrogen-bond donors (Lipinski definition) is 1. The summed E-state index contributed by atoms with van der Waals surface area (Å²) in [5, 5.41) is 0. The van der Waals surface area contributed by atoms with E-state index in [9.17, 15) is 4.79 Å². The van der Waals surface area contributed by atoms with Crippen molar-refractivity contribution in [2.75, 3.05) is 0 Å². The fraction of sp³-hybridized carbons (Fsp3) is 0.143. The Hall–Kier alpha value is -0.650. The van der Waals surface area contributed by atoms with E-state index in [2.05, 4.69) is 12.8 Å². The van der Waals surface area contributed by atoms with Crippen molar-refractivity contribution in [1.82, 2.24) is 0 Å². The summed E-state index contributed by atoms with van der Waals surface area (Å²) >= 11 is 9.41. The van der Waals surface area contributed by atoms with Gasteiger partial charge in [0.05, 0.1) is 0 Å². The van der Waals surface area contributed by atoms with Gasteiger partial charge < -0.3 is 30.4 Å². The summed E-state index contributed by atoms with van der Waals surface area (Å²) in [4.78, 5) is 11.1. The monoisotopic (exact) mass is 200 g/mol. The Morgan fingerprint density at radius 3 is 2.92 bits per heavy atom. The number of aryl methyl sites for hydroxylation is 1. The highest BCUT2D eigenvalue weighted by Gasteiger charge is 2.13. The molecule has 12 heavy (non-hydrogen) atoms. The number of quaternary nitrogens is 1. The first-order valence-electron chi connectivity index (χ1n) is 3.34. The number of aromatic nitrogens is 1. The number of nitrogens with zero attached hydrogens (tertiary/aromatic N) is 1. The predicted molar refractivity (Wildman–Crippen MR) is 47.8 cm³/mol. The van der Waals surface area contributed by atoms with Gasteiger partial charge in [-0.3, -0.25) is 3.97 Å². The van der Waals surface area contributed by atoms with Crippen LogP contribution in [-0.2, 0) is 25.6 Å². The average molecular weight is 200 g/mol. The van der Waals surface area contributed by atoms with Gasteiger partial charge in [-0.2, -0.15) is 0 Å². The molecule has 0 fully saturated rings. The maximum atomic E-state index is 11.1. The molecule has 1 heterocycles. The van der Waals surface area contributed by atoms with Crippen LogP contribution in [0.1, 0.15) is 16.1 Å². The van der Waals surface area contributed by atoms with Crippen molar-refractivity contribution in [2.24, 2.45) is 0 Å². The number of amides is 1. The molecule has 5 heteroatoms. The molecule has 0 radical (unpaired) electrons. The SMILES string of the molecule is Cc1cc[n+]([S-])c(C(=O)[NH2+][S-])c1. The summed E-state index contributed by atoms with van der Waals surface area (Å²) in [5.74, 6) is -0.219. The molecule has 2 N–H and O–H groups in total. The van der Waals surface area contributed by atoms with Crippen LogP contribution in [0.4, 0.5) is 0 Å². The molecule has 0 spiro atoms. The Bertz CT molecular complexity index is 314. The van der Waals surface area contributed by atoms with Gasteiger partial charge in [-0.1, -0.05) is 0 Å². The smallest absolute Gasteiger partial charge is 0.388 e. The van der Waals surface area contributed by atoms with Crippen molar-refractivity contribution < 1.29 is 13.5 Å². The van der Waals surface area contributed by atoms with Gasteiger partial charge in [-0.25, -0.2) is 4.79 Å². The Balaban J connectivity index is 3.13. The van der Waals surface area contributed by atoms with E-state index in [1.54, 1.807) is 12.3 Å². The molecule has 0 atom stereocenters. The number of carbonyl (C=O) groups excluding carboxylic acids is 1. The van der Waals surface area contributed by atoms with Gasteiger partial charge in [0.15, 0.2) is 6.20 Å². The predicted octanol–water partition coefficient (Wildman–Crippen LogP) is -1.24. The lowest BCUT2D eigenvalue weighted by Gasteiger charge is -2.04. The Labute approximate surface area is 81.9 Å². The second kappa shape index (κ2) is 3.84. The first-order valence-corrected chi connectivity index (χ1v) is 4.18. The third-order valence-electron chi connectivity index (χ3n) is 1.43. The highest BCUT2D eigenvalue weighted by atomic mass is 32.1. The largest absolute Gasteiger partial charge is 0.488 e. The fourth-order valence-corrected chi connectivity index (χ4v) is 1.16. The van der Waals surface area contributed by atoms with E-state index in [0.29, 0.717) is 5.69 Å². The number of primary amides is 1. The van der Waals surface area contributed by atoms with Crippen molar-refractivity contribution in [3.63, 3.8) is 0 Å². The zero-order valence-electron chi connectivity index (χ0n) is 6.48. The molecule has 64 valence electrons. The summed E-state index contributed by atoms with van der Waals surface area (Å²) in [6.07, 6.45) is 1.66. The first kappa shape index (κ1) is 9.44. The summed E-state index contributed by atoms with van der Waals surface area (Å²) in [7, 11) is 0. The van der Waals surface area contributed by atoms with E-state index in [-0.39, 0.29) is 5.91 Å². The molecule has 0 saturated carbocycles. The average Bonchev–Trinajstić information content (AvgIpc) is 2.08. The van der Waals surface area contributed by atoms with Gasteiger partial charge in [0, 0.05) is 12.1 Å². The maximum Gasteiger partial charge on any atom is 0.388 e. The van der Waals surface area contributed by atoms with Crippen LogP contribution in [-0.4, -0.2) is 5.91 Å². The highest BCUT2D eigenvalue weighted by molar-refractivity contribution is 7.51. The van der Waals surface area contributed by atoms with E-state index in [4.69, 9.17) is 12.8 Å². The second-order valence-corrected chi connectivity index (χ2v) is 3.03. The minimum atomic E-state index is -0.219. The molecule has 0 aliphatic rings. The highest BCUT2D eigenvalue weighted by Crippen LogP contribution is 1.95. The Kier molecular flexibility index (Phi) is 3.02. The molecule has 0 unspecified atom stereocenters. The Morgan fingerprint density at radius 2 is 2.33 bits per heavy atom. The quantitative estimate of drug-likeness (QED) is 0.455. The molecule has 0 aliphatic heterocycles. The molecule has 0 saturated heterocycles. The molecular formula is C7H8N2OS2. The topological polar surface area (TPSA) is 37.6 Å². The van der Waals surface area contributed by atoms with Crippen LogP contribution in [0, 0.1) is 6.92 Å². The third kappa shape index (κ3) is 1.94. The molecule has 1 amide bonds. The number of pyridine rings is 1. The van der Waals surface area contributed by atoms with Crippen molar-refractivity contribution in [3.05, 3.63) is 29.6 Å². The van der Waals surface area contributed by atoms with Crippen LogP contribution in [0.3, 0.4) is 0 Å². The van der Waals surface area contributed by atoms with E-state index in [1.165, 1.54) is 3.97 Å². The van der Waals surface area contributed by atoms with Crippen molar-refractivity contribution in [2.45, 2.75) is 6.92 Å². The number of nitrogens with two attached hydrogens (primary N) is 1. The third-order valence-corrected chi connectivity index (χ3v) is 1.97. The van der Waals surface area contributed by atoms with Gasteiger partial charge in [0.2, 0.25) is 0 Å². The molecule has 1 aromatic rings. The number of carbonyl (C=O) groups is 1. The number of rotatable bonds is 1. The lowest BCUT2D eigenvalue weighted by Crippen LogP contribution is -2.83. The van der Waals surface area contributed by atoms with Gasteiger partial charge in [0.1, 0.15) is 0 Å². The second-order valence-electron chi connectivity index (χ2n) is 2.40. The summed E-state index contributed by atoms with van der Waals surface area (Å²) in [5.41, 5.74) is 1.44.